The van der Waals surface area contributed by atoms with E-state index in [4.69, 9.17) is 21.6 Å². The molecule has 0 fully saturated rings. The lowest BCUT2D eigenvalue weighted by atomic mass is 10.1. The number of rotatable bonds is 4. The zero-order valence-corrected chi connectivity index (χ0v) is 12.6. The molecular formula is C15H12ClNO2S. The minimum Gasteiger partial charge on any atom is -0.484 e. The predicted octanol–water partition coefficient (Wildman–Crippen LogP) is 4.15. The van der Waals surface area contributed by atoms with E-state index in [1.165, 1.54) is 0 Å². The van der Waals surface area contributed by atoms with Crippen molar-refractivity contribution in [3.63, 3.8) is 0 Å². The Balaban J connectivity index is 2.13. The molecule has 0 radical (unpaired) electrons. The molecule has 0 saturated heterocycles. The van der Waals surface area contributed by atoms with E-state index < -0.39 is 0 Å². The molecule has 0 atom stereocenters. The number of aryl methyl sites for hydroxylation is 2. The number of ether oxygens (including phenoxy) is 1. The summed E-state index contributed by atoms with van der Waals surface area (Å²) in [4.78, 5) is 14.2. The molecule has 2 aromatic rings. The van der Waals surface area contributed by atoms with E-state index in [1.54, 1.807) is 29.5 Å². The summed E-state index contributed by atoms with van der Waals surface area (Å²) < 4.78 is 5.44. The number of nitrogens with zero attached hydrogens (tertiary/aromatic N) is 1. The largest absolute Gasteiger partial charge is 0.484 e. The first-order valence-corrected chi connectivity index (χ1v) is 7.13. The molecule has 0 unspecified atom stereocenters. The number of carbonyl (C=O) groups is 1. The van der Waals surface area contributed by atoms with Crippen LogP contribution < -0.4 is 4.74 Å². The molecule has 2 rings (SSSR count). The standard InChI is InChI=1S/C15H12ClNO2S/c1-9-5-13(10(2)20-9)14(18)8-19-15-6-12(16)4-3-11(15)7-17/h3-6H,8H2,1-2H3. The molecule has 1 aromatic carbocycles. The van der Waals surface area contributed by atoms with Crippen LogP contribution in [0.15, 0.2) is 24.3 Å². The van der Waals surface area contributed by atoms with Gasteiger partial charge in [-0.3, -0.25) is 4.79 Å². The van der Waals surface area contributed by atoms with Gasteiger partial charge < -0.3 is 4.74 Å². The number of thiophene rings is 1. The van der Waals surface area contributed by atoms with Crippen LogP contribution in [0.5, 0.6) is 5.75 Å². The minimum atomic E-state index is -0.105. The molecule has 1 heterocycles. The van der Waals surface area contributed by atoms with Crippen LogP contribution in [0.4, 0.5) is 0 Å². The molecule has 0 bridgehead atoms. The highest BCUT2D eigenvalue weighted by molar-refractivity contribution is 7.12. The lowest BCUT2D eigenvalue weighted by Crippen LogP contribution is -2.12. The van der Waals surface area contributed by atoms with Gasteiger partial charge in [0.1, 0.15) is 11.8 Å². The number of hydrogen-bond donors (Lipinski definition) is 0. The normalized spacial score (nSPS) is 10.1. The third-order valence-electron chi connectivity index (χ3n) is 2.76. The molecule has 0 N–H and O–H groups in total. The van der Waals surface area contributed by atoms with Gasteiger partial charge >= 0.3 is 0 Å². The van der Waals surface area contributed by atoms with Crippen LogP contribution in [0.25, 0.3) is 0 Å². The fourth-order valence-electron chi connectivity index (χ4n) is 1.84. The lowest BCUT2D eigenvalue weighted by Gasteiger charge is -2.07. The second kappa shape index (κ2) is 6.08. The van der Waals surface area contributed by atoms with Crippen LogP contribution in [0.3, 0.4) is 0 Å². The second-order valence-corrected chi connectivity index (χ2v) is 6.19. The molecular weight excluding hydrogens is 294 g/mol. The molecule has 0 aliphatic rings. The van der Waals surface area contributed by atoms with Crippen LogP contribution in [0, 0.1) is 25.2 Å². The summed E-state index contributed by atoms with van der Waals surface area (Å²) in [6.07, 6.45) is 0. The molecule has 0 aliphatic carbocycles. The third kappa shape index (κ3) is 3.19. The quantitative estimate of drug-likeness (QED) is 0.797. The average Bonchev–Trinajstić information content (AvgIpc) is 2.75. The van der Waals surface area contributed by atoms with E-state index in [-0.39, 0.29) is 12.4 Å². The highest BCUT2D eigenvalue weighted by Crippen LogP contribution is 2.24. The SMILES string of the molecule is Cc1cc(C(=O)COc2cc(Cl)ccc2C#N)c(C)s1. The van der Waals surface area contributed by atoms with Crippen molar-refractivity contribution in [1.29, 1.82) is 5.26 Å². The highest BCUT2D eigenvalue weighted by Gasteiger charge is 2.14. The lowest BCUT2D eigenvalue weighted by molar-refractivity contribution is 0.0921. The van der Waals surface area contributed by atoms with Crippen molar-refractivity contribution in [3.8, 4) is 11.8 Å². The van der Waals surface area contributed by atoms with E-state index in [0.29, 0.717) is 21.9 Å². The number of carbonyl (C=O) groups excluding carboxylic acids is 1. The first-order valence-electron chi connectivity index (χ1n) is 5.94. The Morgan fingerprint density at radius 1 is 1.40 bits per heavy atom. The number of ketones is 1. The fourth-order valence-corrected chi connectivity index (χ4v) is 2.94. The second-order valence-electron chi connectivity index (χ2n) is 4.29. The first-order chi connectivity index (χ1) is 9.51. The minimum absolute atomic E-state index is 0.101. The Bertz CT molecular complexity index is 700. The van der Waals surface area contributed by atoms with E-state index in [2.05, 4.69) is 0 Å². The average molecular weight is 306 g/mol. The summed E-state index contributed by atoms with van der Waals surface area (Å²) in [5.74, 6) is 0.230. The van der Waals surface area contributed by atoms with E-state index >= 15 is 0 Å². The van der Waals surface area contributed by atoms with Crippen molar-refractivity contribution in [1.82, 2.24) is 0 Å². The van der Waals surface area contributed by atoms with Gasteiger partial charge in [-0.2, -0.15) is 5.26 Å². The summed E-state index contributed by atoms with van der Waals surface area (Å²) in [6.45, 7) is 3.76. The van der Waals surface area contributed by atoms with Gasteiger partial charge in [0.05, 0.1) is 5.56 Å². The Kier molecular flexibility index (Phi) is 4.43. The molecule has 3 nitrogen and oxygen atoms in total. The maximum absolute atomic E-state index is 12.1. The van der Waals surface area contributed by atoms with Crippen molar-refractivity contribution in [2.75, 3.05) is 6.61 Å². The number of halogens is 1. The van der Waals surface area contributed by atoms with Crippen molar-refractivity contribution in [2.24, 2.45) is 0 Å². The maximum Gasteiger partial charge on any atom is 0.201 e. The van der Waals surface area contributed by atoms with Gasteiger partial charge in [0.15, 0.2) is 6.61 Å². The third-order valence-corrected chi connectivity index (χ3v) is 3.97. The van der Waals surface area contributed by atoms with Gasteiger partial charge in [-0.05, 0) is 32.0 Å². The molecule has 0 spiro atoms. The van der Waals surface area contributed by atoms with Crippen molar-refractivity contribution >= 4 is 28.7 Å². The Labute approximate surface area is 126 Å². The van der Waals surface area contributed by atoms with E-state index in [1.807, 2.05) is 26.0 Å². The topological polar surface area (TPSA) is 50.1 Å². The molecule has 0 aliphatic heterocycles. The van der Waals surface area contributed by atoms with Crippen molar-refractivity contribution < 1.29 is 9.53 Å². The van der Waals surface area contributed by atoms with Gasteiger partial charge in [-0.1, -0.05) is 11.6 Å². The smallest absolute Gasteiger partial charge is 0.201 e. The Morgan fingerprint density at radius 3 is 2.75 bits per heavy atom. The number of benzene rings is 1. The molecule has 0 saturated carbocycles. The van der Waals surface area contributed by atoms with Crippen LogP contribution in [0.2, 0.25) is 5.02 Å². The Hall–Kier alpha value is -1.83. The summed E-state index contributed by atoms with van der Waals surface area (Å²) in [6, 6.07) is 8.59. The molecule has 20 heavy (non-hydrogen) atoms. The van der Waals surface area contributed by atoms with Gasteiger partial charge in [0.2, 0.25) is 5.78 Å². The predicted molar refractivity (Wildman–Crippen MR) is 79.8 cm³/mol. The summed E-state index contributed by atoms with van der Waals surface area (Å²) in [7, 11) is 0. The van der Waals surface area contributed by atoms with Gasteiger partial charge in [-0.25, -0.2) is 0 Å². The highest BCUT2D eigenvalue weighted by atomic mass is 35.5. The fraction of sp³-hybridized carbons (Fsp3) is 0.200. The maximum atomic E-state index is 12.1. The van der Waals surface area contributed by atoms with Crippen LogP contribution in [0.1, 0.15) is 25.7 Å². The van der Waals surface area contributed by atoms with Crippen LogP contribution >= 0.6 is 22.9 Å². The Morgan fingerprint density at radius 2 is 2.15 bits per heavy atom. The van der Waals surface area contributed by atoms with Crippen LogP contribution in [-0.2, 0) is 0 Å². The summed E-state index contributed by atoms with van der Waals surface area (Å²) in [5.41, 5.74) is 1.04. The zero-order chi connectivity index (χ0) is 14.7. The summed E-state index contributed by atoms with van der Waals surface area (Å²) >= 11 is 7.44. The first kappa shape index (κ1) is 14.6. The number of hydrogen-bond acceptors (Lipinski definition) is 4. The van der Waals surface area contributed by atoms with Gasteiger partial charge in [0, 0.05) is 26.4 Å². The monoisotopic (exact) mass is 305 g/mol. The molecule has 0 amide bonds. The summed E-state index contributed by atoms with van der Waals surface area (Å²) in [5, 5.41) is 9.45. The van der Waals surface area contributed by atoms with Gasteiger partial charge in [0.25, 0.3) is 0 Å². The molecule has 5 heteroatoms. The van der Waals surface area contributed by atoms with Gasteiger partial charge in [-0.15, -0.1) is 11.3 Å². The number of nitriles is 1. The molecule has 1 aromatic heterocycles. The van der Waals surface area contributed by atoms with E-state index in [0.717, 1.165) is 9.75 Å². The zero-order valence-electron chi connectivity index (χ0n) is 11.1. The number of Topliss-reactive ketones (excluding diaryl/α,β-unsaturated/α-hetero) is 1. The van der Waals surface area contributed by atoms with E-state index in [9.17, 15) is 4.79 Å². The molecule has 102 valence electrons. The van der Waals surface area contributed by atoms with Crippen LogP contribution in [-0.4, -0.2) is 12.4 Å². The van der Waals surface area contributed by atoms with Crippen molar-refractivity contribution in [2.45, 2.75) is 13.8 Å². The van der Waals surface area contributed by atoms with Crippen molar-refractivity contribution in [3.05, 3.63) is 50.2 Å².